The molecule has 0 spiro atoms. The van der Waals surface area contributed by atoms with Gasteiger partial charge in [-0.05, 0) is 40.0 Å². The molecule has 0 bridgehead atoms. The molecule has 0 amide bonds. The number of hydrogen-bond donors (Lipinski definition) is 1. The molecule has 0 aromatic heterocycles. The van der Waals surface area contributed by atoms with Gasteiger partial charge < -0.3 is 14.6 Å². The highest BCUT2D eigenvalue weighted by Gasteiger charge is 2.30. The van der Waals surface area contributed by atoms with Crippen molar-refractivity contribution >= 4 is 25.8 Å². The summed E-state index contributed by atoms with van der Waals surface area (Å²) in [4.78, 5) is 0. The van der Waals surface area contributed by atoms with Crippen molar-refractivity contribution in [1.82, 2.24) is 0 Å². The van der Waals surface area contributed by atoms with Gasteiger partial charge in [-0.1, -0.05) is 0 Å². The lowest BCUT2D eigenvalue weighted by atomic mass is 10.2. The average Bonchev–Trinajstić information content (AvgIpc) is 2.71. The minimum atomic E-state index is -2.98. The van der Waals surface area contributed by atoms with E-state index in [-0.39, 0.29) is 24.2 Å². The van der Waals surface area contributed by atoms with Crippen molar-refractivity contribution in [1.29, 1.82) is 0 Å². The Balaban J connectivity index is 2.25. The van der Waals surface area contributed by atoms with Gasteiger partial charge in [0.15, 0.2) is 21.3 Å². The third kappa shape index (κ3) is 3.40. The number of hydrogen-bond acceptors (Lipinski definition) is 5. The predicted octanol–water partition coefficient (Wildman–Crippen LogP) is 1.52. The Hall–Kier alpha value is -0.790. The zero-order chi connectivity index (χ0) is 14.0. The van der Waals surface area contributed by atoms with Gasteiger partial charge >= 0.3 is 0 Å². The first-order chi connectivity index (χ1) is 8.95. The van der Waals surface area contributed by atoms with E-state index in [1.165, 1.54) is 7.11 Å². The van der Waals surface area contributed by atoms with Gasteiger partial charge in [-0.2, -0.15) is 0 Å². The third-order valence-corrected chi connectivity index (χ3v) is 5.27. The fourth-order valence-corrected chi connectivity index (χ4v) is 4.17. The molecule has 0 saturated carbocycles. The normalized spacial score (nSPS) is 21.3. The number of rotatable bonds is 4. The summed E-state index contributed by atoms with van der Waals surface area (Å²) >= 11 is 3.35. The monoisotopic (exact) mass is 350 g/mol. The molecule has 1 unspecified atom stereocenters. The molecule has 1 N–H and O–H groups in total. The first-order valence-corrected chi connectivity index (χ1v) is 8.41. The molecule has 1 heterocycles. The Labute approximate surface area is 120 Å². The molecule has 1 fully saturated rings. The number of methoxy groups -OCH3 is 1. The van der Waals surface area contributed by atoms with Crippen molar-refractivity contribution in [2.45, 2.75) is 19.1 Å². The van der Waals surface area contributed by atoms with Crippen LogP contribution in [0.15, 0.2) is 16.6 Å². The van der Waals surface area contributed by atoms with E-state index in [4.69, 9.17) is 14.6 Å². The predicted molar refractivity (Wildman–Crippen MR) is 74.3 cm³/mol. The maximum Gasteiger partial charge on any atom is 0.175 e. The zero-order valence-electron chi connectivity index (χ0n) is 10.4. The summed E-state index contributed by atoms with van der Waals surface area (Å²) in [7, 11) is -1.48. The maximum atomic E-state index is 11.4. The van der Waals surface area contributed by atoms with Crippen LogP contribution in [-0.2, 0) is 16.4 Å². The number of aliphatic hydroxyl groups excluding tert-OH is 1. The van der Waals surface area contributed by atoms with Crippen LogP contribution in [0.2, 0.25) is 0 Å². The molecule has 2 rings (SSSR count). The molecule has 1 saturated heterocycles. The van der Waals surface area contributed by atoms with Gasteiger partial charge in [0.05, 0.1) is 29.7 Å². The Bertz CT molecular complexity index is 570. The lowest BCUT2D eigenvalue weighted by Crippen LogP contribution is -2.18. The summed E-state index contributed by atoms with van der Waals surface area (Å²) < 4.78 is 34.4. The minimum absolute atomic E-state index is 0.0321. The van der Waals surface area contributed by atoms with E-state index in [1.807, 2.05) is 0 Å². The molecule has 1 aromatic carbocycles. The van der Waals surface area contributed by atoms with E-state index in [0.29, 0.717) is 28.0 Å². The molecule has 0 aliphatic carbocycles. The van der Waals surface area contributed by atoms with Crippen LogP contribution in [0.1, 0.15) is 12.0 Å². The molecule has 19 heavy (non-hydrogen) atoms. The summed E-state index contributed by atoms with van der Waals surface area (Å²) in [5, 5.41) is 9.13. The van der Waals surface area contributed by atoms with Crippen molar-refractivity contribution in [2.24, 2.45) is 0 Å². The van der Waals surface area contributed by atoms with Crippen LogP contribution in [0.3, 0.4) is 0 Å². The summed E-state index contributed by atoms with van der Waals surface area (Å²) in [6.07, 6.45) is 0.134. The summed E-state index contributed by atoms with van der Waals surface area (Å²) in [6, 6.07) is 3.39. The highest BCUT2D eigenvalue weighted by atomic mass is 79.9. The van der Waals surface area contributed by atoms with Crippen molar-refractivity contribution in [3.8, 4) is 11.5 Å². The number of aliphatic hydroxyl groups is 1. The Morgan fingerprint density at radius 3 is 2.74 bits per heavy atom. The highest BCUT2D eigenvalue weighted by Crippen LogP contribution is 2.38. The molecule has 1 aliphatic heterocycles. The van der Waals surface area contributed by atoms with Crippen molar-refractivity contribution in [3.63, 3.8) is 0 Å². The quantitative estimate of drug-likeness (QED) is 0.890. The second kappa shape index (κ2) is 5.68. The van der Waals surface area contributed by atoms with Crippen LogP contribution in [0.5, 0.6) is 11.5 Å². The molecule has 0 radical (unpaired) electrons. The summed E-state index contributed by atoms with van der Waals surface area (Å²) in [6.45, 7) is -0.104. The molecule has 106 valence electrons. The smallest absolute Gasteiger partial charge is 0.175 e. The van der Waals surface area contributed by atoms with Gasteiger partial charge in [0, 0.05) is 0 Å². The molecule has 1 aliphatic rings. The summed E-state index contributed by atoms with van der Waals surface area (Å²) in [5.41, 5.74) is 0.690. The minimum Gasteiger partial charge on any atom is -0.493 e. The second-order valence-electron chi connectivity index (χ2n) is 4.41. The average molecular weight is 351 g/mol. The molecule has 5 nitrogen and oxygen atoms in total. The first-order valence-electron chi connectivity index (χ1n) is 5.79. The van der Waals surface area contributed by atoms with E-state index in [1.54, 1.807) is 12.1 Å². The molecule has 7 heteroatoms. The van der Waals surface area contributed by atoms with E-state index in [9.17, 15) is 8.42 Å². The van der Waals surface area contributed by atoms with Gasteiger partial charge in [-0.3, -0.25) is 0 Å². The zero-order valence-corrected chi connectivity index (χ0v) is 12.8. The molecular weight excluding hydrogens is 336 g/mol. The van der Waals surface area contributed by atoms with Crippen molar-refractivity contribution in [3.05, 3.63) is 22.2 Å². The summed E-state index contributed by atoms with van der Waals surface area (Å²) in [5.74, 6) is 1.14. The number of benzene rings is 1. The van der Waals surface area contributed by atoms with Crippen LogP contribution in [0, 0.1) is 0 Å². The van der Waals surface area contributed by atoms with Gasteiger partial charge in [-0.15, -0.1) is 0 Å². The Morgan fingerprint density at radius 1 is 1.47 bits per heavy atom. The lowest BCUT2D eigenvalue weighted by molar-refractivity contribution is 0.216. The lowest BCUT2D eigenvalue weighted by Gasteiger charge is -2.17. The van der Waals surface area contributed by atoms with Crippen molar-refractivity contribution < 1.29 is 23.0 Å². The largest absolute Gasteiger partial charge is 0.493 e. The van der Waals surface area contributed by atoms with E-state index < -0.39 is 9.84 Å². The molecule has 1 aromatic rings. The SMILES string of the molecule is COc1cc(CO)cc(Br)c1OC1CCS(=O)(=O)C1. The van der Waals surface area contributed by atoms with Crippen LogP contribution in [0.25, 0.3) is 0 Å². The number of sulfone groups is 1. The first kappa shape index (κ1) is 14.6. The fraction of sp³-hybridized carbons (Fsp3) is 0.500. The van der Waals surface area contributed by atoms with Crippen molar-refractivity contribution in [2.75, 3.05) is 18.6 Å². The van der Waals surface area contributed by atoms with Crippen LogP contribution < -0.4 is 9.47 Å². The fourth-order valence-electron chi connectivity index (χ4n) is 2.00. The molecular formula is C12H15BrO5S. The van der Waals surface area contributed by atoms with Crippen LogP contribution >= 0.6 is 15.9 Å². The maximum absolute atomic E-state index is 11.4. The standard InChI is InChI=1S/C12H15BrO5S/c1-17-11-5-8(6-14)4-10(13)12(11)18-9-2-3-19(15,16)7-9/h4-5,9,14H,2-3,6-7H2,1H3. The number of halogens is 1. The van der Waals surface area contributed by atoms with Crippen LogP contribution in [0.4, 0.5) is 0 Å². The topological polar surface area (TPSA) is 72.8 Å². The van der Waals surface area contributed by atoms with E-state index >= 15 is 0 Å². The van der Waals surface area contributed by atoms with Gasteiger partial charge in [0.2, 0.25) is 0 Å². The second-order valence-corrected chi connectivity index (χ2v) is 7.49. The Morgan fingerprint density at radius 2 is 2.21 bits per heavy atom. The molecule has 1 atom stereocenters. The van der Waals surface area contributed by atoms with Gasteiger partial charge in [0.1, 0.15) is 6.10 Å². The van der Waals surface area contributed by atoms with Crippen LogP contribution in [-0.4, -0.2) is 38.2 Å². The highest BCUT2D eigenvalue weighted by molar-refractivity contribution is 9.10. The Kier molecular flexibility index (Phi) is 4.37. The van der Waals surface area contributed by atoms with Gasteiger partial charge in [0.25, 0.3) is 0 Å². The number of ether oxygens (including phenoxy) is 2. The third-order valence-electron chi connectivity index (χ3n) is 2.95. The van der Waals surface area contributed by atoms with Gasteiger partial charge in [-0.25, -0.2) is 8.42 Å². The van der Waals surface area contributed by atoms with E-state index in [0.717, 1.165) is 0 Å². The van der Waals surface area contributed by atoms with E-state index in [2.05, 4.69) is 15.9 Å².